The first-order chi connectivity index (χ1) is 12.0. The molecule has 0 saturated carbocycles. The van der Waals surface area contributed by atoms with Gasteiger partial charge in [-0.3, -0.25) is 4.79 Å². The second kappa shape index (κ2) is 7.58. The highest BCUT2D eigenvalue weighted by Gasteiger charge is 2.35. The van der Waals surface area contributed by atoms with Gasteiger partial charge in [0.1, 0.15) is 0 Å². The molecule has 1 amide bonds. The fourth-order valence-electron chi connectivity index (χ4n) is 2.99. The maximum atomic E-state index is 12.9. The minimum atomic E-state index is -3.08. The van der Waals surface area contributed by atoms with E-state index in [-0.39, 0.29) is 30.0 Å². The largest absolute Gasteiger partial charge is 0.375 e. The highest BCUT2D eigenvalue weighted by Crippen LogP contribution is 2.25. The molecule has 1 N–H and O–H groups in total. The Hall–Kier alpha value is -1.86. The third-order valence-electron chi connectivity index (χ3n) is 4.18. The lowest BCUT2D eigenvalue weighted by Gasteiger charge is -2.28. The van der Waals surface area contributed by atoms with Crippen LogP contribution in [0.1, 0.15) is 6.42 Å². The Morgan fingerprint density at radius 1 is 1.12 bits per heavy atom. The molecular weight excluding hydrogens is 404 g/mol. The van der Waals surface area contributed by atoms with Crippen molar-refractivity contribution in [3.05, 3.63) is 59.1 Å². The van der Waals surface area contributed by atoms with Gasteiger partial charge in [-0.25, -0.2) is 8.42 Å². The molecule has 1 aliphatic rings. The number of hydrogen-bond acceptors (Lipinski definition) is 4. The van der Waals surface area contributed by atoms with Gasteiger partial charge in [0.2, 0.25) is 5.91 Å². The van der Waals surface area contributed by atoms with Crippen molar-refractivity contribution in [2.75, 3.05) is 28.3 Å². The van der Waals surface area contributed by atoms with Gasteiger partial charge in [0.15, 0.2) is 9.84 Å². The molecule has 0 radical (unpaired) electrons. The highest BCUT2D eigenvalue weighted by molar-refractivity contribution is 9.10. The number of nitrogens with zero attached hydrogens (tertiary/aromatic N) is 1. The fourth-order valence-corrected chi connectivity index (χ4v) is 5.11. The van der Waals surface area contributed by atoms with Crippen molar-refractivity contribution in [3.8, 4) is 0 Å². The zero-order valence-corrected chi connectivity index (χ0v) is 16.0. The van der Waals surface area contributed by atoms with Gasteiger partial charge in [0, 0.05) is 15.8 Å². The van der Waals surface area contributed by atoms with Crippen LogP contribution in [0, 0.1) is 0 Å². The third kappa shape index (κ3) is 4.41. The van der Waals surface area contributed by atoms with Gasteiger partial charge in [0.25, 0.3) is 0 Å². The van der Waals surface area contributed by atoms with Gasteiger partial charge in [-0.1, -0.05) is 30.3 Å². The van der Waals surface area contributed by atoms with Crippen molar-refractivity contribution >= 4 is 43.0 Å². The molecule has 3 rings (SSSR count). The lowest BCUT2D eigenvalue weighted by molar-refractivity contribution is -0.117. The van der Waals surface area contributed by atoms with E-state index in [1.54, 1.807) is 4.90 Å². The van der Waals surface area contributed by atoms with Crippen molar-refractivity contribution in [3.63, 3.8) is 0 Å². The van der Waals surface area contributed by atoms with Crippen LogP contribution >= 0.6 is 15.9 Å². The molecule has 1 aliphatic heterocycles. The van der Waals surface area contributed by atoms with Crippen LogP contribution in [-0.4, -0.2) is 38.4 Å². The lowest BCUT2D eigenvalue weighted by Crippen LogP contribution is -2.44. The van der Waals surface area contributed by atoms with E-state index in [1.165, 1.54) is 0 Å². The SMILES string of the molecule is O=C(CNc1ccccc1Br)N(c1ccccc1)[C@H]1CCS(=O)(=O)C1. The van der Waals surface area contributed by atoms with Crippen LogP contribution < -0.4 is 10.2 Å². The predicted molar refractivity (Wildman–Crippen MR) is 104 cm³/mol. The molecule has 132 valence electrons. The van der Waals surface area contributed by atoms with E-state index >= 15 is 0 Å². The molecule has 5 nitrogen and oxygen atoms in total. The van der Waals surface area contributed by atoms with Crippen LogP contribution in [0.5, 0.6) is 0 Å². The highest BCUT2D eigenvalue weighted by atomic mass is 79.9. The number of benzene rings is 2. The molecule has 0 bridgehead atoms. The van der Waals surface area contributed by atoms with E-state index in [1.807, 2.05) is 54.6 Å². The Morgan fingerprint density at radius 3 is 2.44 bits per heavy atom. The molecule has 1 fully saturated rings. The van der Waals surface area contributed by atoms with E-state index in [0.29, 0.717) is 6.42 Å². The van der Waals surface area contributed by atoms with Crippen LogP contribution in [0.4, 0.5) is 11.4 Å². The average molecular weight is 423 g/mol. The molecule has 7 heteroatoms. The van der Waals surface area contributed by atoms with Crippen molar-refractivity contribution < 1.29 is 13.2 Å². The molecule has 1 atom stereocenters. The molecule has 2 aromatic rings. The summed E-state index contributed by atoms with van der Waals surface area (Å²) in [7, 11) is -3.08. The quantitative estimate of drug-likeness (QED) is 0.803. The van der Waals surface area contributed by atoms with Gasteiger partial charge in [-0.15, -0.1) is 0 Å². The van der Waals surface area contributed by atoms with Crippen LogP contribution in [0.2, 0.25) is 0 Å². The van der Waals surface area contributed by atoms with E-state index < -0.39 is 9.84 Å². The normalized spacial score (nSPS) is 18.7. The third-order valence-corrected chi connectivity index (χ3v) is 6.62. The second-order valence-electron chi connectivity index (χ2n) is 5.99. The second-order valence-corrected chi connectivity index (χ2v) is 9.07. The number of nitrogens with one attached hydrogen (secondary N) is 1. The van der Waals surface area contributed by atoms with Crippen molar-refractivity contribution in [2.24, 2.45) is 0 Å². The molecule has 0 unspecified atom stereocenters. The Morgan fingerprint density at radius 2 is 1.80 bits per heavy atom. The lowest BCUT2D eigenvalue weighted by atomic mass is 10.1. The van der Waals surface area contributed by atoms with E-state index in [2.05, 4.69) is 21.2 Å². The molecule has 1 heterocycles. The Balaban J connectivity index is 1.79. The topological polar surface area (TPSA) is 66.5 Å². The fraction of sp³-hybridized carbons (Fsp3) is 0.278. The summed E-state index contributed by atoms with van der Waals surface area (Å²) < 4.78 is 24.6. The van der Waals surface area contributed by atoms with Crippen LogP contribution in [0.3, 0.4) is 0 Å². The van der Waals surface area contributed by atoms with Gasteiger partial charge in [-0.2, -0.15) is 0 Å². The molecule has 1 saturated heterocycles. The first kappa shape index (κ1) is 17.9. The monoisotopic (exact) mass is 422 g/mol. The standard InChI is InChI=1S/C18H19BrN2O3S/c19-16-8-4-5-9-17(16)20-12-18(22)21(14-6-2-1-3-7-14)15-10-11-25(23,24)13-15/h1-9,15,20H,10-13H2/t15-/m0/s1. The smallest absolute Gasteiger partial charge is 0.246 e. The maximum Gasteiger partial charge on any atom is 0.246 e. The number of sulfone groups is 1. The van der Waals surface area contributed by atoms with Gasteiger partial charge in [-0.05, 0) is 46.6 Å². The van der Waals surface area contributed by atoms with Crippen LogP contribution in [0.15, 0.2) is 59.1 Å². The molecule has 25 heavy (non-hydrogen) atoms. The van der Waals surface area contributed by atoms with E-state index in [0.717, 1.165) is 15.8 Å². The minimum Gasteiger partial charge on any atom is -0.375 e. The van der Waals surface area contributed by atoms with E-state index in [4.69, 9.17) is 0 Å². The Bertz CT molecular complexity index is 856. The van der Waals surface area contributed by atoms with Gasteiger partial charge < -0.3 is 10.2 Å². The number of anilines is 2. The zero-order chi connectivity index (χ0) is 17.9. The van der Waals surface area contributed by atoms with Crippen molar-refractivity contribution in [2.45, 2.75) is 12.5 Å². The molecule has 2 aromatic carbocycles. The summed E-state index contributed by atoms with van der Waals surface area (Å²) in [6.45, 7) is 0.0913. The Kier molecular flexibility index (Phi) is 5.44. The van der Waals surface area contributed by atoms with Gasteiger partial charge >= 0.3 is 0 Å². The summed E-state index contributed by atoms with van der Waals surface area (Å²) in [5, 5.41) is 3.12. The summed E-state index contributed by atoms with van der Waals surface area (Å²) in [4.78, 5) is 14.5. The number of carbonyl (C=O) groups excluding carboxylic acids is 1. The number of carbonyl (C=O) groups is 1. The number of rotatable bonds is 5. The number of halogens is 1. The number of amides is 1. The van der Waals surface area contributed by atoms with Crippen LogP contribution in [0.25, 0.3) is 0 Å². The predicted octanol–water partition coefficient (Wildman–Crippen LogP) is 3.08. The summed E-state index contributed by atoms with van der Waals surface area (Å²) in [6.07, 6.45) is 0.470. The molecule has 0 aliphatic carbocycles. The van der Waals surface area contributed by atoms with E-state index in [9.17, 15) is 13.2 Å². The summed E-state index contributed by atoms with van der Waals surface area (Å²) >= 11 is 3.44. The number of para-hydroxylation sites is 2. The summed E-state index contributed by atoms with van der Waals surface area (Å²) in [5.74, 6) is -0.00160. The first-order valence-corrected chi connectivity index (χ1v) is 10.6. The average Bonchev–Trinajstić information content (AvgIpc) is 2.95. The zero-order valence-electron chi connectivity index (χ0n) is 13.6. The molecular formula is C18H19BrN2O3S. The molecule has 0 aromatic heterocycles. The minimum absolute atomic E-state index is 0.0165. The first-order valence-electron chi connectivity index (χ1n) is 8.02. The van der Waals surface area contributed by atoms with Gasteiger partial charge in [0.05, 0.1) is 24.1 Å². The van der Waals surface area contributed by atoms with Crippen LogP contribution in [-0.2, 0) is 14.6 Å². The summed E-state index contributed by atoms with van der Waals surface area (Å²) in [6, 6.07) is 16.5. The Labute approximate surface area is 156 Å². The summed E-state index contributed by atoms with van der Waals surface area (Å²) in [5.41, 5.74) is 1.55. The molecule has 0 spiro atoms. The maximum absolute atomic E-state index is 12.9. The number of hydrogen-bond donors (Lipinski definition) is 1. The van der Waals surface area contributed by atoms with Crippen molar-refractivity contribution in [1.29, 1.82) is 0 Å². The van der Waals surface area contributed by atoms with Crippen molar-refractivity contribution in [1.82, 2.24) is 0 Å².